The van der Waals surface area contributed by atoms with Gasteiger partial charge >= 0.3 is 0 Å². The highest BCUT2D eigenvalue weighted by molar-refractivity contribution is 6.91. The largest absolute Gasteiger partial charge is 0.497 e. The molecule has 2 aromatic carbocycles. The molecule has 4 heteroatoms. The lowest BCUT2D eigenvalue weighted by Gasteiger charge is -2.30. The first-order valence-electron chi connectivity index (χ1n) is 13.5. The van der Waals surface area contributed by atoms with Crippen LogP contribution >= 0.6 is 0 Å². The van der Waals surface area contributed by atoms with E-state index in [1.165, 1.54) is 73.2 Å². The number of benzene rings is 2. The lowest BCUT2D eigenvalue weighted by molar-refractivity contribution is 0.414. The van der Waals surface area contributed by atoms with E-state index in [1.54, 1.807) is 14.2 Å². The van der Waals surface area contributed by atoms with Crippen LogP contribution in [0.15, 0.2) is 65.1 Å². The number of rotatable bonds is 15. The van der Waals surface area contributed by atoms with Gasteiger partial charge in [0.1, 0.15) is 25.3 Å². The molecule has 1 aromatic heterocycles. The third-order valence-corrected chi connectivity index (χ3v) is 12.6. The molecule has 1 heterocycles. The summed E-state index contributed by atoms with van der Waals surface area (Å²) in [6, 6.07) is 25.4. The van der Waals surface area contributed by atoms with Gasteiger partial charge in [-0.25, -0.2) is 0 Å². The number of unbranched alkanes of at least 4 members (excludes halogenated alkanes) is 3. The maximum atomic E-state index is 6.92. The van der Waals surface area contributed by atoms with Crippen molar-refractivity contribution in [2.24, 2.45) is 0 Å². The van der Waals surface area contributed by atoms with Gasteiger partial charge in [-0.1, -0.05) is 102 Å². The van der Waals surface area contributed by atoms with Gasteiger partial charge in [-0.2, -0.15) is 0 Å². The summed E-state index contributed by atoms with van der Waals surface area (Å²) in [4.78, 5) is 0. The van der Waals surface area contributed by atoms with E-state index in [1.807, 2.05) is 24.3 Å². The fourth-order valence-electron chi connectivity index (χ4n) is 5.20. The van der Waals surface area contributed by atoms with Crippen molar-refractivity contribution in [2.75, 3.05) is 14.2 Å². The zero-order chi connectivity index (χ0) is 25.1. The van der Waals surface area contributed by atoms with E-state index >= 15 is 0 Å². The van der Waals surface area contributed by atoms with Crippen LogP contribution in [-0.4, -0.2) is 22.3 Å². The van der Waals surface area contributed by atoms with E-state index in [0.29, 0.717) is 0 Å². The number of ether oxygens (including phenoxy) is 2. The van der Waals surface area contributed by atoms with Crippen LogP contribution in [0.25, 0.3) is 0 Å². The molecule has 0 saturated carbocycles. The van der Waals surface area contributed by atoms with Crippen molar-refractivity contribution >= 4 is 13.5 Å². The molecular formula is C31H44O3Si. The van der Waals surface area contributed by atoms with E-state index in [0.717, 1.165) is 17.3 Å². The summed E-state index contributed by atoms with van der Waals surface area (Å²) in [6.45, 7) is 6.95. The van der Waals surface area contributed by atoms with Crippen LogP contribution in [0.3, 0.4) is 0 Å². The van der Waals surface area contributed by atoms with Gasteiger partial charge in [-0.05, 0) is 47.5 Å². The first-order chi connectivity index (χ1) is 17.1. The minimum Gasteiger partial charge on any atom is -0.497 e. The summed E-state index contributed by atoms with van der Waals surface area (Å²) < 4.78 is 17.8. The quantitative estimate of drug-likeness (QED) is 0.199. The molecule has 0 bridgehead atoms. The van der Waals surface area contributed by atoms with Crippen LogP contribution in [0.2, 0.25) is 18.1 Å². The zero-order valence-corrected chi connectivity index (χ0v) is 23.4. The predicted octanol–water partition coefficient (Wildman–Crippen LogP) is 8.53. The van der Waals surface area contributed by atoms with E-state index in [2.05, 4.69) is 57.2 Å². The third-order valence-electron chi connectivity index (χ3n) is 7.36. The Kier molecular flexibility index (Phi) is 10.5. The van der Waals surface area contributed by atoms with E-state index in [9.17, 15) is 0 Å². The lowest BCUT2D eigenvalue weighted by Crippen LogP contribution is -2.46. The normalized spacial score (nSPS) is 11.7. The molecule has 3 rings (SSSR count). The van der Waals surface area contributed by atoms with Crippen molar-refractivity contribution in [1.82, 2.24) is 0 Å². The molecule has 0 atom stereocenters. The third kappa shape index (κ3) is 6.82. The van der Waals surface area contributed by atoms with E-state index in [4.69, 9.17) is 13.9 Å². The number of furan rings is 1. The molecule has 0 aliphatic rings. The van der Waals surface area contributed by atoms with Crippen LogP contribution in [0, 0.1) is 0 Å². The topological polar surface area (TPSA) is 31.6 Å². The molecular weight excluding hydrogens is 448 g/mol. The second-order valence-corrected chi connectivity index (χ2v) is 14.3. The van der Waals surface area contributed by atoms with Gasteiger partial charge in [0.25, 0.3) is 0 Å². The van der Waals surface area contributed by atoms with Crippen molar-refractivity contribution in [3.8, 4) is 11.5 Å². The number of methoxy groups -OCH3 is 2. The summed E-state index contributed by atoms with van der Waals surface area (Å²) >= 11 is 0. The molecule has 0 aliphatic heterocycles. The maximum absolute atomic E-state index is 6.92. The average molecular weight is 493 g/mol. The van der Waals surface area contributed by atoms with Crippen LogP contribution in [0.5, 0.6) is 11.5 Å². The van der Waals surface area contributed by atoms with Gasteiger partial charge in [-0.3, -0.25) is 0 Å². The summed E-state index contributed by atoms with van der Waals surface area (Å²) in [7, 11) is 1.72. The highest BCUT2D eigenvalue weighted by Crippen LogP contribution is 2.36. The fourth-order valence-corrected chi connectivity index (χ4v) is 10.5. The SMILES string of the molecule is CCCC[Si](CCCC)(CCCC)c1ccc(C(c2ccc(OC)cc2)c2ccc(OC)cc2)o1. The Morgan fingerprint density at radius 3 is 1.43 bits per heavy atom. The minimum atomic E-state index is -1.70. The Morgan fingerprint density at radius 2 is 1.06 bits per heavy atom. The molecule has 3 aromatic rings. The maximum Gasteiger partial charge on any atom is 0.132 e. The average Bonchev–Trinajstić information content (AvgIpc) is 3.40. The Bertz CT molecular complexity index is 922. The van der Waals surface area contributed by atoms with Crippen molar-refractivity contribution in [1.29, 1.82) is 0 Å². The minimum absolute atomic E-state index is 0.0378. The van der Waals surface area contributed by atoms with Crippen LogP contribution in [0.1, 0.15) is 82.1 Å². The highest BCUT2D eigenvalue weighted by Gasteiger charge is 2.37. The summed E-state index contributed by atoms with van der Waals surface area (Å²) in [5.74, 6) is 2.81. The Hall–Kier alpha value is -2.46. The molecule has 0 spiro atoms. The second-order valence-electron chi connectivity index (χ2n) is 9.77. The zero-order valence-electron chi connectivity index (χ0n) is 22.4. The van der Waals surface area contributed by atoms with Gasteiger partial charge in [0.2, 0.25) is 0 Å². The molecule has 0 radical (unpaired) electrons. The summed E-state index contributed by atoms with van der Waals surface area (Å²) in [6.07, 6.45) is 7.66. The smallest absolute Gasteiger partial charge is 0.132 e. The van der Waals surface area contributed by atoms with Crippen molar-refractivity contribution in [3.05, 3.63) is 77.6 Å². The van der Waals surface area contributed by atoms with Crippen LogP contribution < -0.4 is 14.9 Å². The van der Waals surface area contributed by atoms with Gasteiger partial charge in [-0.15, -0.1) is 0 Å². The van der Waals surface area contributed by atoms with Gasteiger partial charge < -0.3 is 13.9 Å². The van der Waals surface area contributed by atoms with Crippen molar-refractivity contribution in [3.63, 3.8) is 0 Å². The van der Waals surface area contributed by atoms with Gasteiger partial charge in [0, 0.05) is 0 Å². The van der Waals surface area contributed by atoms with Crippen molar-refractivity contribution in [2.45, 2.75) is 83.3 Å². The lowest BCUT2D eigenvalue weighted by atomic mass is 9.89. The monoisotopic (exact) mass is 492 g/mol. The summed E-state index contributed by atoms with van der Waals surface area (Å²) in [5.41, 5.74) is 2.42. The molecule has 0 aliphatic carbocycles. The number of hydrogen-bond acceptors (Lipinski definition) is 3. The van der Waals surface area contributed by atoms with Crippen LogP contribution in [0.4, 0.5) is 0 Å². The fraction of sp³-hybridized carbons (Fsp3) is 0.484. The van der Waals surface area contributed by atoms with Crippen molar-refractivity contribution < 1.29 is 13.9 Å². The van der Waals surface area contributed by atoms with Gasteiger partial charge in [0.15, 0.2) is 0 Å². The van der Waals surface area contributed by atoms with E-state index in [-0.39, 0.29) is 5.92 Å². The first kappa shape index (κ1) is 27.1. The molecule has 0 N–H and O–H groups in total. The molecule has 190 valence electrons. The molecule has 0 amide bonds. The summed E-state index contributed by atoms with van der Waals surface area (Å²) in [5, 5.41) is 1.31. The van der Waals surface area contributed by atoms with Crippen LogP contribution in [-0.2, 0) is 0 Å². The Morgan fingerprint density at radius 1 is 0.629 bits per heavy atom. The second kappa shape index (κ2) is 13.6. The Labute approximate surface area is 213 Å². The number of hydrogen-bond donors (Lipinski definition) is 0. The highest BCUT2D eigenvalue weighted by atomic mass is 28.3. The molecule has 0 fully saturated rings. The first-order valence-corrected chi connectivity index (χ1v) is 16.1. The predicted molar refractivity (Wildman–Crippen MR) is 150 cm³/mol. The molecule has 0 saturated heterocycles. The van der Waals surface area contributed by atoms with E-state index < -0.39 is 8.07 Å². The molecule has 35 heavy (non-hydrogen) atoms. The standard InChI is InChI=1S/C31H44O3Si/c1-6-9-22-35(23-10-7-2,24-11-8-3)30-21-20-29(34-30)31(25-12-16-27(32-4)17-13-25)26-14-18-28(33-5)19-15-26/h12-21,31H,6-11,22-24H2,1-5H3. The Balaban J connectivity index is 2.06. The molecule has 0 unspecified atom stereocenters. The molecule has 3 nitrogen and oxygen atoms in total. The van der Waals surface area contributed by atoms with Gasteiger partial charge in [0.05, 0.1) is 25.5 Å².